The summed E-state index contributed by atoms with van der Waals surface area (Å²) in [4.78, 5) is 12.4. The Kier molecular flexibility index (Phi) is 2.18. The van der Waals surface area contributed by atoms with Gasteiger partial charge in [0.1, 0.15) is 10.9 Å². The number of nitrogens with two attached hydrogens (primary N) is 1. The lowest BCUT2D eigenvalue weighted by Crippen LogP contribution is -1.96. The van der Waals surface area contributed by atoms with Crippen LogP contribution in [-0.4, -0.2) is 35.3 Å². The van der Waals surface area contributed by atoms with Gasteiger partial charge in [0.25, 0.3) is 0 Å². The van der Waals surface area contributed by atoms with Gasteiger partial charge in [0.05, 0.1) is 11.6 Å². The Morgan fingerprint density at radius 1 is 1.24 bits per heavy atom. The van der Waals surface area contributed by atoms with E-state index in [0.29, 0.717) is 15.8 Å². The maximum absolute atomic E-state index is 5.61. The summed E-state index contributed by atoms with van der Waals surface area (Å²) in [7, 11) is 0. The van der Waals surface area contributed by atoms with Crippen molar-refractivity contribution in [3.05, 3.63) is 12.0 Å². The predicted octanol–water partition coefficient (Wildman–Crippen LogP) is 0.513. The minimum Gasteiger partial charge on any atom is -0.368 e. The van der Waals surface area contributed by atoms with E-state index in [-0.39, 0.29) is 5.95 Å². The molecule has 0 spiro atoms. The van der Waals surface area contributed by atoms with Gasteiger partial charge in [-0.25, -0.2) is 9.97 Å². The fourth-order valence-electron chi connectivity index (χ4n) is 1.36. The summed E-state index contributed by atoms with van der Waals surface area (Å²) in [5.74, 6) is 0.939. The van der Waals surface area contributed by atoms with Crippen LogP contribution in [0.3, 0.4) is 0 Å². The SMILES string of the molecule is Cc1nc(Sc2nc(N)nc3[nH]ncc23)n[nH]1. The van der Waals surface area contributed by atoms with E-state index in [4.69, 9.17) is 5.73 Å². The van der Waals surface area contributed by atoms with Crippen molar-refractivity contribution in [2.24, 2.45) is 0 Å². The molecule has 0 atom stereocenters. The van der Waals surface area contributed by atoms with Crippen LogP contribution < -0.4 is 5.73 Å². The highest BCUT2D eigenvalue weighted by molar-refractivity contribution is 7.99. The van der Waals surface area contributed by atoms with E-state index in [1.165, 1.54) is 11.8 Å². The average Bonchev–Trinajstić information content (AvgIpc) is 2.87. The first kappa shape index (κ1) is 10.0. The van der Waals surface area contributed by atoms with Gasteiger partial charge >= 0.3 is 0 Å². The van der Waals surface area contributed by atoms with Crippen LogP contribution in [0.5, 0.6) is 0 Å². The molecule has 0 saturated heterocycles. The van der Waals surface area contributed by atoms with Gasteiger partial charge in [0.2, 0.25) is 11.1 Å². The normalized spacial score (nSPS) is 11.1. The van der Waals surface area contributed by atoms with Gasteiger partial charge in [-0.15, -0.1) is 5.10 Å². The first-order valence-electron chi connectivity index (χ1n) is 4.76. The zero-order valence-corrected chi connectivity index (χ0v) is 9.62. The lowest BCUT2D eigenvalue weighted by molar-refractivity contribution is 0.965. The number of aromatic amines is 2. The standard InChI is InChI=1S/C8H8N8S/c1-3-11-8(16-14-3)17-6-4-2-10-15-5(4)12-7(9)13-6/h2H,1H3,(H,11,14,16)(H3,9,10,12,13,15). The molecular weight excluding hydrogens is 240 g/mol. The van der Waals surface area contributed by atoms with Crippen LogP contribution >= 0.6 is 11.8 Å². The van der Waals surface area contributed by atoms with E-state index < -0.39 is 0 Å². The zero-order valence-electron chi connectivity index (χ0n) is 8.80. The number of fused-ring (bicyclic) bond motifs is 1. The number of nitrogen functional groups attached to an aromatic ring is 1. The molecule has 9 heteroatoms. The molecule has 8 nitrogen and oxygen atoms in total. The number of nitrogens with one attached hydrogen (secondary N) is 2. The Morgan fingerprint density at radius 3 is 2.88 bits per heavy atom. The average molecular weight is 248 g/mol. The van der Waals surface area contributed by atoms with Gasteiger partial charge < -0.3 is 5.73 Å². The Morgan fingerprint density at radius 2 is 2.12 bits per heavy atom. The van der Waals surface area contributed by atoms with Gasteiger partial charge in [-0.1, -0.05) is 0 Å². The lowest BCUT2D eigenvalue weighted by atomic mass is 10.4. The molecule has 0 radical (unpaired) electrons. The quantitative estimate of drug-likeness (QED) is 0.565. The first-order valence-corrected chi connectivity index (χ1v) is 5.57. The number of aryl methyl sites for hydroxylation is 1. The first-order chi connectivity index (χ1) is 8.22. The molecule has 0 aliphatic carbocycles. The molecule has 86 valence electrons. The van der Waals surface area contributed by atoms with Crippen molar-refractivity contribution in [1.82, 2.24) is 35.3 Å². The molecule has 0 aromatic carbocycles. The van der Waals surface area contributed by atoms with Crippen LogP contribution in [0.15, 0.2) is 16.4 Å². The number of H-pyrrole nitrogens is 2. The summed E-state index contributed by atoms with van der Waals surface area (Å²) in [5, 5.41) is 15.5. The smallest absolute Gasteiger partial charge is 0.223 e. The zero-order chi connectivity index (χ0) is 11.8. The van der Waals surface area contributed by atoms with Crippen molar-refractivity contribution in [3.8, 4) is 0 Å². The fraction of sp³-hybridized carbons (Fsp3) is 0.125. The van der Waals surface area contributed by atoms with Crippen molar-refractivity contribution >= 4 is 28.7 Å². The van der Waals surface area contributed by atoms with E-state index >= 15 is 0 Å². The molecule has 0 saturated carbocycles. The third kappa shape index (κ3) is 1.80. The summed E-state index contributed by atoms with van der Waals surface area (Å²) < 4.78 is 0. The molecule has 0 aliphatic heterocycles. The minimum absolute atomic E-state index is 0.191. The van der Waals surface area contributed by atoms with E-state index in [9.17, 15) is 0 Å². The molecule has 0 unspecified atom stereocenters. The largest absolute Gasteiger partial charge is 0.368 e. The van der Waals surface area contributed by atoms with Crippen molar-refractivity contribution < 1.29 is 0 Å². The lowest BCUT2D eigenvalue weighted by Gasteiger charge is -1.99. The van der Waals surface area contributed by atoms with E-state index in [1.807, 2.05) is 6.92 Å². The Bertz CT molecular complexity index is 671. The number of hydrogen-bond donors (Lipinski definition) is 3. The molecule has 3 heterocycles. The second-order valence-corrected chi connectivity index (χ2v) is 4.28. The number of hydrogen-bond acceptors (Lipinski definition) is 7. The summed E-state index contributed by atoms with van der Waals surface area (Å²) in [5.41, 5.74) is 6.21. The van der Waals surface area contributed by atoms with Gasteiger partial charge in [-0.3, -0.25) is 10.2 Å². The fourth-order valence-corrected chi connectivity index (χ4v) is 2.20. The van der Waals surface area contributed by atoms with Gasteiger partial charge in [0.15, 0.2) is 5.65 Å². The second-order valence-electron chi connectivity index (χ2n) is 3.32. The molecular formula is C8H8N8S. The summed E-state index contributed by atoms with van der Waals surface area (Å²) in [6, 6.07) is 0. The summed E-state index contributed by atoms with van der Waals surface area (Å²) in [6.07, 6.45) is 1.65. The van der Waals surface area contributed by atoms with Crippen molar-refractivity contribution in [3.63, 3.8) is 0 Å². The predicted molar refractivity (Wildman–Crippen MR) is 61.3 cm³/mol. The molecule has 0 bridgehead atoms. The molecule has 0 amide bonds. The molecule has 4 N–H and O–H groups in total. The van der Waals surface area contributed by atoms with E-state index in [1.54, 1.807) is 6.20 Å². The number of nitrogens with zero attached hydrogens (tertiary/aromatic N) is 5. The highest BCUT2D eigenvalue weighted by Gasteiger charge is 2.11. The van der Waals surface area contributed by atoms with Gasteiger partial charge in [-0.05, 0) is 18.7 Å². The minimum atomic E-state index is 0.191. The molecule has 0 aliphatic rings. The number of aromatic nitrogens is 7. The molecule has 17 heavy (non-hydrogen) atoms. The van der Waals surface area contributed by atoms with Crippen LogP contribution in [0, 0.1) is 6.92 Å². The van der Waals surface area contributed by atoms with Crippen LogP contribution in [0.4, 0.5) is 5.95 Å². The van der Waals surface area contributed by atoms with Crippen molar-refractivity contribution in [1.29, 1.82) is 0 Å². The molecule has 0 fully saturated rings. The Labute approximate surface area is 99.5 Å². The highest BCUT2D eigenvalue weighted by atomic mass is 32.2. The molecule has 3 aromatic rings. The molecule has 3 rings (SSSR count). The topological polar surface area (TPSA) is 122 Å². The van der Waals surface area contributed by atoms with Gasteiger partial charge in [0, 0.05) is 0 Å². The third-order valence-corrected chi connectivity index (χ3v) is 2.93. The van der Waals surface area contributed by atoms with Gasteiger partial charge in [-0.2, -0.15) is 10.1 Å². The van der Waals surface area contributed by atoms with Crippen LogP contribution in [0.1, 0.15) is 5.82 Å². The molecule has 3 aromatic heterocycles. The van der Waals surface area contributed by atoms with Crippen LogP contribution in [0.25, 0.3) is 11.0 Å². The van der Waals surface area contributed by atoms with E-state index in [0.717, 1.165) is 11.2 Å². The number of anilines is 1. The Hall–Kier alpha value is -2.16. The second kappa shape index (κ2) is 3.70. The van der Waals surface area contributed by atoms with Crippen molar-refractivity contribution in [2.45, 2.75) is 17.1 Å². The Balaban J connectivity index is 2.07. The summed E-state index contributed by atoms with van der Waals surface area (Å²) in [6.45, 7) is 1.83. The van der Waals surface area contributed by atoms with Crippen molar-refractivity contribution in [2.75, 3.05) is 5.73 Å². The van der Waals surface area contributed by atoms with E-state index in [2.05, 4.69) is 35.3 Å². The van der Waals surface area contributed by atoms with Crippen LogP contribution in [-0.2, 0) is 0 Å². The summed E-state index contributed by atoms with van der Waals surface area (Å²) >= 11 is 1.31. The third-order valence-electron chi connectivity index (χ3n) is 2.06. The maximum Gasteiger partial charge on any atom is 0.223 e. The monoisotopic (exact) mass is 248 g/mol. The highest BCUT2D eigenvalue weighted by Crippen LogP contribution is 2.28. The van der Waals surface area contributed by atoms with Crippen LogP contribution in [0.2, 0.25) is 0 Å². The maximum atomic E-state index is 5.61. The number of rotatable bonds is 2.